The number of nitrogens with zero attached hydrogens (tertiary/aromatic N) is 1. The SMILES string of the molecule is O=C(Nc1ccccc1)Nc1ccc2c(c1)N(Cc1c(F)cccc1Cl)C(=O)CO2. The summed E-state index contributed by atoms with van der Waals surface area (Å²) in [6.45, 7) is -0.222. The van der Waals surface area contributed by atoms with Crippen molar-refractivity contribution in [2.45, 2.75) is 6.54 Å². The first-order chi connectivity index (χ1) is 14.5. The molecule has 0 atom stereocenters. The summed E-state index contributed by atoms with van der Waals surface area (Å²) >= 11 is 6.13. The molecule has 4 rings (SSSR count). The predicted octanol–water partition coefficient (Wildman–Crippen LogP) is 5.05. The summed E-state index contributed by atoms with van der Waals surface area (Å²) in [6.07, 6.45) is 0. The van der Waals surface area contributed by atoms with Crippen LogP contribution in [0.15, 0.2) is 66.7 Å². The Hall–Kier alpha value is -3.58. The van der Waals surface area contributed by atoms with Gasteiger partial charge in [0.25, 0.3) is 5.91 Å². The molecule has 2 N–H and O–H groups in total. The van der Waals surface area contributed by atoms with E-state index in [0.29, 0.717) is 22.8 Å². The summed E-state index contributed by atoms with van der Waals surface area (Å²) in [7, 11) is 0. The zero-order valence-corrected chi connectivity index (χ0v) is 16.4. The highest BCUT2D eigenvalue weighted by Gasteiger charge is 2.27. The molecule has 1 aliphatic heterocycles. The highest BCUT2D eigenvalue weighted by atomic mass is 35.5. The maximum atomic E-state index is 14.2. The second-order valence-electron chi connectivity index (χ2n) is 6.60. The number of hydrogen-bond acceptors (Lipinski definition) is 3. The van der Waals surface area contributed by atoms with Crippen LogP contribution in [0.1, 0.15) is 5.56 Å². The average molecular weight is 426 g/mol. The molecule has 0 saturated carbocycles. The molecule has 30 heavy (non-hydrogen) atoms. The van der Waals surface area contributed by atoms with Gasteiger partial charge in [0.15, 0.2) is 6.61 Å². The third-order valence-electron chi connectivity index (χ3n) is 4.57. The Bertz CT molecular complexity index is 1090. The van der Waals surface area contributed by atoms with Crippen molar-refractivity contribution in [3.63, 3.8) is 0 Å². The summed E-state index contributed by atoms with van der Waals surface area (Å²) in [4.78, 5) is 26.2. The number of carbonyl (C=O) groups is 2. The molecule has 0 radical (unpaired) electrons. The van der Waals surface area contributed by atoms with E-state index in [1.165, 1.54) is 17.0 Å². The van der Waals surface area contributed by atoms with Gasteiger partial charge in [-0.2, -0.15) is 0 Å². The molecular formula is C22H17ClFN3O3. The number of ether oxygens (including phenoxy) is 1. The quantitative estimate of drug-likeness (QED) is 0.614. The Morgan fingerprint density at radius 1 is 1.03 bits per heavy atom. The summed E-state index contributed by atoms with van der Waals surface area (Å²) in [6, 6.07) is 17.8. The monoisotopic (exact) mass is 425 g/mol. The molecule has 0 aliphatic carbocycles. The zero-order chi connectivity index (χ0) is 21.1. The Morgan fingerprint density at radius 3 is 2.57 bits per heavy atom. The molecular weight excluding hydrogens is 409 g/mol. The molecule has 0 aromatic heterocycles. The van der Waals surface area contributed by atoms with Crippen LogP contribution in [0.2, 0.25) is 5.02 Å². The minimum atomic E-state index is -0.500. The number of nitrogens with one attached hydrogen (secondary N) is 2. The number of para-hydroxylation sites is 1. The van der Waals surface area contributed by atoms with E-state index in [9.17, 15) is 14.0 Å². The molecule has 6 nitrogen and oxygen atoms in total. The Balaban J connectivity index is 1.58. The van der Waals surface area contributed by atoms with Crippen LogP contribution in [0.5, 0.6) is 5.75 Å². The van der Waals surface area contributed by atoms with E-state index in [4.69, 9.17) is 16.3 Å². The summed E-state index contributed by atoms with van der Waals surface area (Å²) in [5, 5.41) is 5.66. The minimum absolute atomic E-state index is 0.0552. The average Bonchev–Trinajstić information content (AvgIpc) is 2.73. The first-order valence-electron chi connectivity index (χ1n) is 9.14. The van der Waals surface area contributed by atoms with E-state index >= 15 is 0 Å². The van der Waals surface area contributed by atoms with E-state index in [2.05, 4.69) is 10.6 Å². The molecule has 3 amide bonds. The van der Waals surface area contributed by atoms with Crippen LogP contribution in [0.4, 0.5) is 26.2 Å². The molecule has 3 aromatic rings. The van der Waals surface area contributed by atoms with Crippen LogP contribution >= 0.6 is 11.6 Å². The Labute approximate surface area is 177 Å². The number of carbonyl (C=O) groups excluding carboxylic acids is 2. The Kier molecular flexibility index (Phi) is 5.54. The molecule has 0 saturated heterocycles. The van der Waals surface area contributed by atoms with Crippen molar-refractivity contribution >= 4 is 40.6 Å². The lowest BCUT2D eigenvalue weighted by molar-refractivity contribution is -0.121. The highest BCUT2D eigenvalue weighted by Crippen LogP contribution is 2.36. The van der Waals surface area contributed by atoms with Crippen molar-refractivity contribution in [1.29, 1.82) is 0 Å². The van der Waals surface area contributed by atoms with E-state index in [1.54, 1.807) is 36.4 Å². The molecule has 0 unspecified atom stereocenters. The van der Waals surface area contributed by atoms with Crippen LogP contribution in [-0.4, -0.2) is 18.5 Å². The molecule has 0 bridgehead atoms. The number of urea groups is 1. The number of halogens is 2. The van der Waals surface area contributed by atoms with E-state index < -0.39 is 11.8 Å². The van der Waals surface area contributed by atoms with Crippen molar-refractivity contribution in [3.8, 4) is 5.75 Å². The molecule has 1 heterocycles. The van der Waals surface area contributed by atoms with Crippen molar-refractivity contribution < 1.29 is 18.7 Å². The predicted molar refractivity (Wildman–Crippen MR) is 114 cm³/mol. The first-order valence-corrected chi connectivity index (χ1v) is 9.52. The molecule has 152 valence electrons. The Morgan fingerprint density at radius 2 is 1.80 bits per heavy atom. The van der Waals surface area contributed by atoms with Gasteiger partial charge in [0.05, 0.1) is 12.2 Å². The second kappa shape index (κ2) is 8.42. The maximum Gasteiger partial charge on any atom is 0.323 e. The van der Waals surface area contributed by atoms with Gasteiger partial charge in [-0.15, -0.1) is 0 Å². The zero-order valence-electron chi connectivity index (χ0n) is 15.7. The molecule has 3 aromatic carbocycles. The van der Waals surface area contributed by atoms with Crippen molar-refractivity contribution in [1.82, 2.24) is 0 Å². The maximum absolute atomic E-state index is 14.2. The number of anilines is 3. The van der Waals surface area contributed by atoms with Crippen LogP contribution in [-0.2, 0) is 11.3 Å². The fourth-order valence-electron chi connectivity index (χ4n) is 3.11. The van der Waals surface area contributed by atoms with Crippen molar-refractivity contribution in [2.24, 2.45) is 0 Å². The number of fused-ring (bicyclic) bond motifs is 1. The van der Waals surface area contributed by atoms with Crippen molar-refractivity contribution in [2.75, 3.05) is 22.1 Å². The second-order valence-corrected chi connectivity index (χ2v) is 7.00. The van der Waals surface area contributed by atoms with Gasteiger partial charge in [-0.3, -0.25) is 4.79 Å². The number of amides is 3. The third-order valence-corrected chi connectivity index (χ3v) is 4.92. The van der Waals surface area contributed by atoms with Crippen LogP contribution in [0, 0.1) is 5.82 Å². The molecule has 0 spiro atoms. The molecule has 1 aliphatic rings. The van der Waals surface area contributed by atoms with E-state index in [-0.39, 0.29) is 29.6 Å². The third kappa shape index (κ3) is 4.21. The standard InChI is InChI=1S/C22H17ClFN3O3/c23-17-7-4-8-18(24)16(17)12-27-19-11-15(9-10-20(19)30-13-21(27)28)26-22(29)25-14-5-2-1-3-6-14/h1-11H,12-13H2,(H2,25,26,29). The smallest absolute Gasteiger partial charge is 0.323 e. The number of benzene rings is 3. The summed E-state index contributed by atoms with van der Waals surface area (Å²) in [5.74, 6) is -0.386. The van der Waals surface area contributed by atoms with Gasteiger partial charge in [-0.05, 0) is 42.5 Å². The van der Waals surface area contributed by atoms with Gasteiger partial charge in [0.2, 0.25) is 0 Å². The van der Waals surface area contributed by atoms with Crippen molar-refractivity contribution in [3.05, 3.63) is 83.1 Å². The first kappa shape index (κ1) is 19.7. The van der Waals surface area contributed by atoms with Gasteiger partial charge < -0.3 is 20.3 Å². The topological polar surface area (TPSA) is 70.7 Å². The summed E-state index contributed by atoms with van der Waals surface area (Å²) < 4.78 is 19.7. The van der Waals surface area contributed by atoms with Crippen LogP contribution in [0.3, 0.4) is 0 Å². The number of hydrogen-bond donors (Lipinski definition) is 2. The minimum Gasteiger partial charge on any atom is -0.482 e. The van der Waals surface area contributed by atoms with Gasteiger partial charge in [0.1, 0.15) is 11.6 Å². The lowest BCUT2D eigenvalue weighted by atomic mass is 10.1. The lowest BCUT2D eigenvalue weighted by Gasteiger charge is -2.30. The fraction of sp³-hybridized carbons (Fsp3) is 0.0909. The number of rotatable bonds is 4. The van der Waals surface area contributed by atoms with Crippen LogP contribution in [0.25, 0.3) is 0 Å². The van der Waals surface area contributed by atoms with Gasteiger partial charge >= 0.3 is 6.03 Å². The summed E-state index contributed by atoms with van der Waals surface area (Å²) in [5.41, 5.74) is 1.72. The molecule has 0 fully saturated rings. The molecule has 8 heteroatoms. The largest absolute Gasteiger partial charge is 0.482 e. The van der Waals surface area contributed by atoms with Gasteiger partial charge in [-0.1, -0.05) is 35.9 Å². The highest BCUT2D eigenvalue weighted by molar-refractivity contribution is 6.31. The van der Waals surface area contributed by atoms with Gasteiger partial charge in [0, 0.05) is 22.0 Å². The van der Waals surface area contributed by atoms with Gasteiger partial charge in [-0.25, -0.2) is 9.18 Å². The fourth-order valence-corrected chi connectivity index (χ4v) is 3.33. The van der Waals surface area contributed by atoms with Crippen LogP contribution < -0.4 is 20.3 Å². The van der Waals surface area contributed by atoms with E-state index in [0.717, 1.165) is 0 Å². The van der Waals surface area contributed by atoms with E-state index in [1.807, 2.05) is 18.2 Å². The normalized spacial score (nSPS) is 12.7. The lowest BCUT2D eigenvalue weighted by Crippen LogP contribution is -2.38.